The lowest BCUT2D eigenvalue weighted by atomic mass is 10.1. The fourth-order valence-electron chi connectivity index (χ4n) is 2.48. The molecule has 0 N–H and O–H groups in total. The van der Waals surface area contributed by atoms with Gasteiger partial charge in [0.25, 0.3) is 5.88 Å². The summed E-state index contributed by atoms with van der Waals surface area (Å²) < 4.78 is 15.4. The van der Waals surface area contributed by atoms with Crippen molar-refractivity contribution in [1.82, 2.24) is 9.97 Å². The van der Waals surface area contributed by atoms with Gasteiger partial charge in [0.2, 0.25) is 5.88 Å². The molecule has 0 saturated carbocycles. The molecule has 0 aliphatic carbocycles. The van der Waals surface area contributed by atoms with Gasteiger partial charge < -0.3 is 14.2 Å². The highest BCUT2D eigenvalue weighted by Gasteiger charge is 2.19. The van der Waals surface area contributed by atoms with Crippen LogP contribution in [0.4, 0.5) is 0 Å². The van der Waals surface area contributed by atoms with E-state index in [1.165, 1.54) is 32.9 Å². The summed E-state index contributed by atoms with van der Waals surface area (Å²) in [6, 6.07) is 16.8. The zero-order valence-electron chi connectivity index (χ0n) is 16.6. The Kier molecular flexibility index (Phi) is 7.00. The molecule has 9 nitrogen and oxygen atoms in total. The maximum absolute atomic E-state index is 12.1. The van der Waals surface area contributed by atoms with Crippen LogP contribution in [-0.4, -0.2) is 30.2 Å². The van der Waals surface area contributed by atoms with E-state index in [1.54, 1.807) is 48.5 Å². The van der Waals surface area contributed by atoms with E-state index in [0.717, 1.165) is 0 Å². The number of nitrogens with zero attached hydrogens (tertiary/aromatic N) is 3. The minimum Gasteiger partial charge on any atom is -0.503 e. The van der Waals surface area contributed by atoms with Crippen LogP contribution in [0.5, 0.6) is 23.3 Å². The van der Waals surface area contributed by atoms with E-state index in [0.29, 0.717) is 16.9 Å². The second-order valence-corrected chi connectivity index (χ2v) is 5.83. The van der Waals surface area contributed by atoms with Gasteiger partial charge in [-0.25, -0.2) is 9.78 Å². The van der Waals surface area contributed by atoms with Gasteiger partial charge in [-0.2, -0.15) is 10.2 Å². The molecule has 0 spiro atoms. The van der Waals surface area contributed by atoms with E-state index in [1.807, 2.05) is 6.07 Å². The zero-order chi connectivity index (χ0) is 22.1. The third-order valence-corrected chi connectivity index (χ3v) is 3.87. The van der Waals surface area contributed by atoms with Crippen LogP contribution >= 0.6 is 0 Å². The molecule has 3 aromatic rings. The summed E-state index contributed by atoms with van der Waals surface area (Å²) in [7, 11) is 2.68. The minimum atomic E-state index is -0.605. The first kappa shape index (κ1) is 21.1. The number of hydrogen-bond acceptors (Lipinski definition) is 9. The normalized spacial score (nSPS) is 10.5. The van der Waals surface area contributed by atoms with Crippen molar-refractivity contribution < 1.29 is 28.8 Å². The van der Waals surface area contributed by atoms with E-state index >= 15 is 0 Å². The Morgan fingerprint density at radius 1 is 0.968 bits per heavy atom. The monoisotopic (exact) mass is 419 g/mol. The standard InChI is InChI=1S/C22H17N3O6/c1-27-13-17(22(26)28-2)16-8-4-6-10-19(16)30-31-21-11-20(24-14-25-21)29-18-9-5-3-7-15(18)12-23/h3-11,13-14H,1-2H3/b17-13+. The molecule has 0 saturated heterocycles. The number of nitriles is 1. The second-order valence-electron chi connectivity index (χ2n) is 5.83. The topological polar surface area (TPSA) is 113 Å². The van der Waals surface area contributed by atoms with E-state index in [4.69, 9.17) is 24.0 Å². The van der Waals surface area contributed by atoms with Crippen LogP contribution in [0.3, 0.4) is 0 Å². The summed E-state index contributed by atoms with van der Waals surface area (Å²) in [6.45, 7) is 0. The molecule has 0 atom stereocenters. The first-order valence-corrected chi connectivity index (χ1v) is 8.90. The molecule has 0 unspecified atom stereocenters. The van der Waals surface area contributed by atoms with E-state index in [9.17, 15) is 10.1 Å². The molecule has 0 aliphatic heterocycles. The summed E-state index contributed by atoms with van der Waals surface area (Å²) in [5, 5.41) is 9.17. The number of hydrogen-bond donors (Lipinski definition) is 0. The van der Waals surface area contributed by atoms with Crippen LogP contribution in [0.1, 0.15) is 11.1 Å². The van der Waals surface area contributed by atoms with Gasteiger partial charge in [-0.1, -0.05) is 30.3 Å². The summed E-state index contributed by atoms with van der Waals surface area (Å²) in [4.78, 5) is 30.7. The molecule has 2 aromatic carbocycles. The fraction of sp³-hybridized carbons (Fsp3) is 0.0909. The molecule has 3 rings (SSSR count). The van der Waals surface area contributed by atoms with Crippen molar-refractivity contribution in [2.75, 3.05) is 14.2 Å². The van der Waals surface area contributed by atoms with Gasteiger partial charge in [0.15, 0.2) is 5.75 Å². The van der Waals surface area contributed by atoms with Crippen molar-refractivity contribution in [1.29, 1.82) is 5.26 Å². The number of ether oxygens (including phenoxy) is 3. The molecule has 0 bridgehead atoms. The highest BCUT2D eigenvalue weighted by atomic mass is 17.2. The Hall–Kier alpha value is -4.58. The van der Waals surface area contributed by atoms with Gasteiger partial charge >= 0.3 is 5.97 Å². The molecule has 9 heteroatoms. The van der Waals surface area contributed by atoms with Crippen molar-refractivity contribution in [3.8, 4) is 29.3 Å². The van der Waals surface area contributed by atoms with Gasteiger partial charge in [-0.3, -0.25) is 9.78 Å². The lowest BCUT2D eigenvalue weighted by Gasteiger charge is -2.12. The minimum absolute atomic E-state index is 0.0459. The maximum atomic E-state index is 12.1. The van der Waals surface area contributed by atoms with Crippen LogP contribution in [0.2, 0.25) is 0 Å². The molecule has 1 aromatic heterocycles. The number of methoxy groups -OCH3 is 2. The average Bonchev–Trinajstić information content (AvgIpc) is 2.81. The van der Waals surface area contributed by atoms with Crippen LogP contribution in [0.25, 0.3) is 5.57 Å². The first-order chi connectivity index (χ1) is 15.2. The van der Waals surface area contributed by atoms with E-state index in [2.05, 4.69) is 9.97 Å². The lowest BCUT2D eigenvalue weighted by molar-refractivity contribution is -0.133. The Morgan fingerprint density at radius 2 is 1.68 bits per heavy atom. The van der Waals surface area contributed by atoms with Gasteiger partial charge in [0.1, 0.15) is 23.7 Å². The number of esters is 1. The fourth-order valence-corrected chi connectivity index (χ4v) is 2.48. The predicted molar refractivity (Wildman–Crippen MR) is 108 cm³/mol. The Bertz CT molecular complexity index is 1140. The maximum Gasteiger partial charge on any atom is 0.341 e. The molecule has 0 amide bonds. The smallest absolute Gasteiger partial charge is 0.341 e. The molecule has 0 radical (unpaired) electrons. The quantitative estimate of drug-likeness (QED) is 0.177. The van der Waals surface area contributed by atoms with Crippen molar-refractivity contribution in [2.24, 2.45) is 0 Å². The van der Waals surface area contributed by atoms with Crippen LogP contribution in [-0.2, 0) is 14.3 Å². The number of aromatic nitrogens is 2. The largest absolute Gasteiger partial charge is 0.503 e. The van der Waals surface area contributed by atoms with E-state index in [-0.39, 0.29) is 23.1 Å². The number of benzene rings is 2. The van der Waals surface area contributed by atoms with Crippen LogP contribution < -0.4 is 14.5 Å². The van der Waals surface area contributed by atoms with Gasteiger partial charge in [0, 0.05) is 5.56 Å². The number of carbonyl (C=O) groups is 1. The lowest BCUT2D eigenvalue weighted by Crippen LogP contribution is -2.09. The molecule has 0 fully saturated rings. The Morgan fingerprint density at radius 3 is 2.42 bits per heavy atom. The molecular formula is C22H17N3O6. The summed E-state index contributed by atoms with van der Waals surface area (Å²) in [5.74, 6) is 0.163. The van der Waals surface area contributed by atoms with Crippen molar-refractivity contribution in [3.63, 3.8) is 0 Å². The molecule has 31 heavy (non-hydrogen) atoms. The Labute approximate surface area is 178 Å². The second kappa shape index (κ2) is 10.3. The molecule has 0 aliphatic rings. The first-order valence-electron chi connectivity index (χ1n) is 8.90. The van der Waals surface area contributed by atoms with Gasteiger partial charge in [0.05, 0.1) is 32.1 Å². The molecule has 156 valence electrons. The number of para-hydroxylation sites is 2. The molecule has 1 heterocycles. The third-order valence-electron chi connectivity index (χ3n) is 3.87. The summed E-state index contributed by atoms with van der Waals surface area (Å²) in [5.41, 5.74) is 0.891. The average molecular weight is 419 g/mol. The summed E-state index contributed by atoms with van der Waals surface area (Å²) >= 11 is 0. The van der Waals surface area contributed by atoms with Gasteiger partial charge in [-0.05, 0) is 18.2 Å². The predicted octanol–water partition coefficient (Wildman–Crippen LogP) is 3.67. The van der Waals surface area contributed by atoms with Crippen LogP contribution in [0.15, 0.2) is 67.2 Å². The molecular weight excluding hydrogens is 402 g/mol. The third kappa shape index (κ3) is 5.27. The highest BCUT2D eigenvalue weighted by molar-refractivity contribution is 6.16. The Balaban J connectivity index is 1.79. The van der Waals surface area contributed by atoms with Crippen molar-refractivity contribution in [2.45, 2.75) is 0 Å². The zero-order valence-corrected chi connectivity index (χ0v) is 16.6. The number of carbonyl (C=O) groups excluding carboxylic acids is 1. The highest BCUT2D eigenvalue weighted by Crippen LogP contribution is 2.28. The van der Waals surface area contributed by atoms with Crippen molar-refractivity contribution >= 4 is 11.5 Å². The summed E-state index contributed by atoms with van der Waals surface area (Å²) in [6.07, 6.45) is 2.47. The van der Waals surface area contributed by atoms with Gasteiger partial charge in [-0.15, -0.1) is 0 Å². The SMILES string of the molecule is CO/C=C(/C(=O)OC)c1ccccc1OOc1cc(Oc2ccccc2C#N)ncn1. The number of rotatable bonds is 8. The van der Waals surface area contributed by atoms with E-state index < -0.39 is 5.97 Å². The van der Waals surface area contributed by atoms with Crippen LogP contribution in [0, 0.1) is 11.3 Å². The van der Waals surface area contributed by atoms with Crippen molar-refractivity contribution in [3.05, 3.63) is 78.3 Å².